The molecule has 1 amide bonds. The van der Waals surface area contributed by atoms with Gasteiger partial charge in [-0.15, -0.1) is 0 Å². The summed E-state index contributed by atoms with van der Waals surface area (Å²) in [4.78, 5) is 42.8. The highest BCUT2D eigenvalue weighted by molar-refractivity contribution is 5.85. The molecule has 0 aromatic rings. The second-order valence-electron chi connectivity index (χ2n) is 13.7. The van der Waals surface area contributed by atoms with Crippen LogP contribution in [-0.4, -0.2) is 138 Å². The minimum Gasteiger partial charge on any atom is -0.453 e. The van der Waals surface area contributed by atoms with Gasteiger partial charge in [-0.2, -0.15) is 0 Å². The van der Waals surface area contributed by atoms with Crippen molar-refractivity contribution < 1.29 is 59.3 Å². The number of esters is 2. The van der Waals surface area contributed by atoms with Crippen LogP contribution in [0.25, 0.3) is 0 Å². The molecule has 64 heavy (non-hydrogen) atoms. The monoisotopic (exact) mass is 943 g/mol. The fourth-order valence-electron chi connectivity index (χ4n) is 3.77. The standard InChI is InChI=1S/C8H15NO6.C6H6O6.2C5H10.2C4H8.C2H7N.2C2H6.2CH5N.8CH4/c1-3(10)4(11)5(12)6(13)7(14)8(15)9-2;7-1-3-4(12-5(1)9)2(8)6(10)11-3;2*1-5-3-2-4-5;2*1-4-2-3-4;1-3-2;4*1-2;;;;;;;;/h4-7,11-14H,1-2H3,(H,9,15);1-4,7-8H;2*5H,2-4H2,1H3;2*4H,2-3H2,1H3;3H,1-2H3;2*1-2H3;2*2H2,1H3;8*1H4/t4-,5-,6+,7-;1-,2+,3-,4-;;;;;;;;;;;;;;;;;/m11................./s1. The van der Waals surface area contributed by atoms with Crippen molar-refractivity contribution in [1.29, 1.82) is 0 Å². The molecule has 2 aliphatic heterocycles. The Kier molecular flexibility index (Phi) is 91.0. The van der Waals surface area contributed by atoms with Gasteiger partial charge >= 0.3 is 11.9 Å². The number of nitrogens with two attached hydrogens (primary N) is 2. The number of hydrogen-bond acceptors (Lipinski definition) is 15. The quantitative estimate of drug-likeness (QED) is 0.126. The Bertz CT molecular complexity index is 904. The lowest BCUT2D eigenvalue weighted by atomic mass is 9.88. The van der Waals surface area contributed by atoms with Gasteiger partial charge in [-0.1, -0.05) is 179 Å². The van der Waals surface area contributed by atoms with Crippen molar-refractivity contribution in [3.8, 4) is 0 Å². The summed E-state index contributed by atoms with van der Waals surface area (Å²) in [5, 5.41) is 59.5. The maximum atomic E-state index is 10.9. The predicted molar refractivity (Wildman–Crippen MR) is 275 cm³/mol. The number of rotatable bonds is 5. The van der Waals surface area contributed by atoms with Crippen LogP contribution >= 0.6 is 0 Å². The third-order valence-electron chi connectivity index (χ3n) is 8.38. The van der Waals surface area contributed by atoms with E-state index in [1.54, 1.807) is 0 Å². The summed E-state index contributed by atoms with van der Waals surface area (Å²) in [6.07, 6.45) is 2.28. The minimum atomic E-state index is -1.93. The molecule has 0 aromatic heterocycles. The third-order valence-corrected chi connectivity index (χ3v) is 8.38. The maximum absolute atomic E-state index is 10.9. The van der Waals surface area contributed by atoms with E-state index in [2.05, 4.69) is 54.0 Å². The normalized spacial score (nSPS) is 20.9. The van der Waals surface area contributed by atoms with Gasteiger partial charge < -0.3 is 62.2 Å². The van der Waals surface area contributed by atoms with Gasteiger partial charge in [0.2, 0.25) is 0 Å². The lowest BCUT2D eigenvalue weighted by molar-refractivity contribution is -0.159. The highest BCUT2D eigenvalue weighted by Gasteiger charge is 2.57. The first-order valence-corrected chi connectivity index (χ1v) is 20.4. The zero-order valence-corrected chi connectivity index (χ0v) is 37.3. The number of carbonyl (C=O) groups is 4. The molecular formula is C48H118N4O12. The Morgan fingerprint density at radius 3 is 0.875 bits per heavy atom. The Balaban J connectivity index is -0.0000000434. The van der Waals surface area contributed by atoms with E-state index < -0.39 is 72.5 Å². The average Bonchev–Trinajstić information content (AvgIpc) is 4.13. The number of hydrogen-bond donors (Lipinski definition) is 10. The number of amides is 1. The van der Waals surface area contributed by atoms with E-state index in [1.807, 2.05) is 47.1 Å². The molecule has 0 bridgehead atoms. The zero-order valence-electron chi connectivity index (χ0n) is 37.3. The largest absolute Gasteiger partial charge is 0.453 e. The van der Waals surface area contributed by atoms with E-state index in [0.717, 1.165) is 30.6 Å². The molecule has 6 fully saturated rings. The van der Waals surface area contributed by atoms with Gasteiger partial charge in [-0.3, -0.25) is 9.59 Å². The molecule has 0 unspecified atom stereocenters. The summed E-state index contributed by atoms with van der Waals surface area (Å²) in [5.74, 6) is 0.876. The SMILES string of the molecule is C.C.C.C.C.C.C.C.CC.CC.CC1CC1.CC1CC1.CC1CCC1.CC1CCC1.CN.CN.CNC.CNC(=O)[C@H](O)[C@@H](O)[C@H](O)[C@H](O)C(C)=O.O=C1O[C@H]2[C@H](OC(=O)[C@@H]2O)[C@@H]1O. The van der Waals surface area contributed by atoms with Crippen molar-refractivity contribution in [3.63, 3.8) is 0 Å². The van der Waals surface area contributed by atoms with Gasteiger partial charge in [0.15, 0.2) is 36.3 Å². The van der Waals surface area contributed by atoms with Gasteiger partial charge in [0.05, 0.1) is 0 Å². The Morgan fingerprint density at radius 2 is 0.734 bits per heavy atom. The van der Waals surface area contributed by atoms with E-state index in [-0.39, 0.29) is 59.4 Å². The van der Waals surface area contributed by atoms with Crippen LogP contribution in [0.2, 0.25) is 0 Å². The van der Waals surface area contributed by atoms with Crippen LogP contribution in [-0.2, 0) is 28.7 Å². The van der Waals surface area contributed by atoms with Gasteiger partial charge in [0.1, 0.15) is 18.3 Å². The number of ketones is 1. The second kappa shape index (κ2) is 60.7. The van der Waals surface area contributed by atoms with Crippen molar-refractivity contribution >= 4 is 23.6 Å². The van der Waals surface area contributed by atoms with Gasteiger partial charge in [0, 0.05) is 7.05 Å². The molecule has 16 heteroatoms. The number of aliphatic hydroxyl groups is 6. The molecule has 6 rings (SSSR count). The summed E-state index contributed by atoms with van der Waals surface area (Å²) < 4.78 is 8.99. The minimum absolute atomic E-state index is 0. The van der Waals surface area contributed by atoms with E-state index in [1.165, 1.54) is 85.4 Å². The molecule has 0 aromatic carbocycles. The highest BCUT2D eigenvalue weighted by atomic mass is 16.7. The van der Waals surface area contributed by atoms with Crippen LogP contribution in [0.1, 0.15) is 186 Å². The molecule has 16 nitrogen and oxygen atoms in total. The topological polar surface area (TPSA) is 284 Å². The number of nitrogens with one attached hydrogen (secondary N) is 2. The molecule has 6 aliphatic rings. The second-order valence-corrected chi connectivity index (χ2v) is 13.7. The first kappa shape index (κ1) is 95.9. The van der Waals surface area contributed by atoms with Crippen molar-refractivity contribution in [2.45, 2.75) is 235 Å². The number of Topliss-reactive ketones (excluding diaryl/α,β-unsaturated/α-hetero) is 1. The summed E-state index contributed by atoms with van der Waals surface area (Å²) in [5.41, 5.74) is 9.00. The van der Waals surface area contributed by atoms with E-state index in [4.69, 9.17) is 20.4 Å². The van der Waals surface area contributed by atoms with Gasteiger partial charge in [0.25, 0.3) is 5.91 Å². The molecule has 12 N–H and O–H groups in total. The Hall–Kier alpha value is -2.28. The average molecular weight is 943 g/mol. The molecule has 4 saturated carbocycles. The summed E-state index contributed by atoms with van der Waals surface area (Å²) in [6, 6.07) is 0. The van der Waals surface area contributed by atoms with Crippen molar-refractivity contribution in [1.82, 2.24) is 10.6 Å². The fraction of sp³-hybridized carbons (Fsp3) is 0.917. The van der Waals surface area contributed by atoms with Crippen LogP contribution in [0, 0.1) is 23.7 Å². The van der Waals surface area contributed by atoms with Crippen molar-refractivity contribution in [3.05, 3.63) is 0 Å². The number of carbonyl (C=O) groups excluding carboxylic acids is 4. The number of likely N-dealkylation sites (N-methyl/N-ethyl adjacent to an activating group) is 1. The first-order chi connectivity index (χ1) is 26.4. The van der Waals surface area contributed by atoms with Crippen LogP contribution in [0.3, 0.4) is 0 Å². The molecule has 2 heterocycles. The van der Waals surface area contributed by atoms with Crippen LogP contribution in [0.4, 0.5) is 0 Å². The fourth-order valence-corrected chi connectivity index (χ4v) is 3.77. The predicted octanol–water partition coefficient (Wildman–Crippen LogP) is 6.90. The smallest absolute Gasteiger partial charge is 0.339 e. The molecule has 0 spiro atoms. The summed E-state index contributed by atoms with van der Waals surface area (Å²) in [7, 11) is 7.98. The van der Waals surface area contributed by atoms with Crippen molar-refractivity contribution in [2.24, 2.45) is 35.1 Å². The molecule has 2 saturated heterocycles. The van der Waals surface area contributed by atoms with E-state index >= 15 is 0 Å². The molecule has 4 aliphatic carbocycles. The number of fused-ring (bicyclic) bond motifs is 1. The zero-order chi connectivity index (χ0) is 45.1. The van der Waals surface area contributed by atoms with Crippen LogP contribution < -0.4 is 22.1 Å². The summed E-state index contributed by atoms with van der Waals surface area (Å²) in [6.45, 7) is 18.2. The molecule has 8 atom stereocenters. The van der Waals surface area contributed by atoms with E-state index in [9.17, 15) is 29.4 Å². The molecular weight excluding hydrogens is 825 g/mol. The Labute approximate surface area is 397 Å². The van der Waals surface area contributed by atoms with Gasteiger partial charge in [-0.05, 0) is 58.8 Å². The lowest BCUT2D eigenvalue weighted by Crippen LogP contribution is -2.51. The van der Waals surface area contributed by atoms with Crippen LogP contribution in [0.5, 0.6) is 0 Å². The maximum Gasteiger partial charge on any atom is 0.339 e. The number of aliphatic hydroxyl groups excluding tert-OH is 6. The Morgan fingerprint density at radius 1 is 0.531 bits per heavy atom. The van der Waals surface area contributed by atoms with Gasteiger partial charge in [-0.25, -0.2) is 9.59 Å². The number of ether oxygens (including phenoxy) is 2. The summed E-state index contributed by atoms with van der Waals surface area (Å²) >= 11 is 0. The van der Waals surface area contributed by atoms with E-state index in [0.29, 0.717) is 0 Å². The lowest BCUT2D eigenvalue weighted by Gasteiger charge is -2.24. The molecule has 402 valence electrons. The first-order valence-electron chi connectivity index (χ1n) is 20.4. The highest BCUT2D eigenvalue weighted by Crippen LogP contribution is 2.29. The van der Waals surface area contributed by atoms with Crippen LogP contribution in [0.15, 0.2) is 0 Å². The third kappa shape index (κ3) is 47.7. The molecule has 0 radical (unpaired) electrons. The van der Waals surface area contributed by atoms with Crippen molar-refractivity contribution in [2.75, 3.05) is 35.2 Å².